The van der Waals surface area contributed by atoms with E-state index in [-0.39, 0.29) is 5.91 Å². The van der Waals surface area contributed by atoms with Crippen LogP contribution in [0.5, 0.6) is 5.75 Å². The number of hydrogen-bond acceptors (Lipinski definition) is 3. The van der Waals surface area contributed by atoms with Gasteiger partial charge in [-0.3, -0.25) is 4.79 Å². The predicted octanol–water partition coefficient (Wildman–Crippen LogP) is 2.07. The number of nitrogens with one attached hydrogen (secondary N) is 1. The Labute approximate surface area is 108 Å². The molecule has 98 valence electrons. The fourth-order valence-electron chi connectivity index (χ4n) is 2.04. The van der Waals surface area contributed by atoms with E-state index in [0.717, 1.165) is 18.4 Å². The Morgan fingerprint density at radius 2 is 2.17 bits per heavy atom. The first kappa shape index (κ1) is 12.9. The van der Waals surface area contributed by atoms with Crippen LogP contribution in [0.25, 0.3) is 0 Å². The fourth-order valence-corrected chi connectivity index (χ4v) is 2.04. The van der Waals surface area contributed by atoms with Crippen LogP contribution >= 0.6 is 0 Å². The van der Waals surface area contributed by atoms with Gasteiger partial charge in [-0.25, -0.2) is 0 Å². The summed E-state index contributed by atoms with van der Waals surface area (Å²) in [5, 5.41) is 2.87. The highest BCUT2D eigenvalue weighted by atomic mass is 16.5. The second kappa shape index (κ2) is 4.61. The summed E-state index contributed by atoms with van der Waals surface area (Å²) in [6.07, 6.45) is 2.07. The van der Waals surface area contributed by atoms with Crippen LogP contribution in [-0.2, 0) is 4.79 Å². The second-order valence-electron chi connectivity index (χ2n) is 5.21. The van der Waals surface area contributed by atoms with E-state index in [0.29, 0.717) is 17.4 Å². The van der Waals surface area contributed by atoms with Crippen molar-refractivity contribution in [3.05, 3.63) is 23.8 Å². The van der Waals surface area contributed by atoms with Gasteiger partial charge >= 0.3 is 0 Å². The van der Waals surface area contributed by atoms with Crippen molar-refractivity contribution < 1.29 is 9.53 Å². The predicted molar refractivity (Wildman–Crippen MR) is 71.7 cm³/mol. The van der Waals surface area contributed by atoms with Crippen LogP contribution in [0, 0.1) is 12.8 Å². The molecule has 4 heteroatoms. The van der Waals surface area contributed by atoms with Crippen molar-refractivity contribution in [2.75, 3.05) is 12.4 Å². The third-order valence-electron chi connectivity index (χ3n) is 3.52. The van der Waals surface area contributed by atoms with Crippen LogP contribution in [0.1, 0.15) is 25.3 Å². The van der Waals surface area contributed by atoms with Crippen LogP contribution in [0.2, 0.25) is 0 Å². The summed E-state index contributed by atoms with van der Waals surface area (Å²) in [7, 11) is 1.59. The van der Waals surface area contributed by atoms with Gasteiger partial charge in [-0.1, -0.05) is 6.07 Å². The number of nitrogens with two attached hydrogens (primary N) is 1. The van der Waals surface area contributed by atoms with Crippen LogP contribution in [0.4, 0.5) is 5.69 Å². The number of aryl methyl sites for hydroxylation is 1. The maximum Gasteiger partial charge on any atom is 0.244 e. The van der Waals surface area contributed by atoms with Gasteiger partial charge in [0.05, 0.1) is 18.3 Å². The van der Waals surface area contributed by atoms with Crippen molar-refractivity contribution in [2.24, 2.45) is 11.7 Å². The molecule has 0 bridgehead atoms. The van der Waals surface area contributed by atoms with E-state index in [1.807, 2.05) is 25.1 Å². The van der Waals surface area contributed by atoms with E-state index < -0.39 is 5.54 Å². The van der Waals surface area contributed by atoms with Gasteiger partial charge < -0.3 is 15.8 Å². The molecule has 1 aliphatic carbocycles. The monoisotopic (exact) mass is 248 g/mol. The zero-order valence-corrected chi connectivity index (χ0v) is 11.1. The number of rotatable bonds is 4. The average Bonchev–Trinajstić information content (AvgIpc) is 3.13. The summed E-state index contributed by atoms with van der Waals surface area (Å²) >= 11 is 0. The first-order valence-electron chi connectivity index (χ1n) is 6.20. The molecule has 1 unspecified atom stereocenters. The Kier molecular flexibility index (Phi) is 3.30. The van der Waals surface area contributed by atoms with E-state index in [9.17, 15) is 4.79 Å². The summed E-state index contributed by atoms with van der Waals surface area (Å²) in [5.74, 6) is 0.808. The molecule has 1 aromatic rings. The minimum Gasteiger partial charge on any atom is -0.495 e. The van der Waals surface area contributed by atoms with Crippen molar-refractivity contribution in [2.45, 2.75) is 32.2 Å². The van der Waals surface area contributed by atoms with Gasteiger partial charge in [0.25, 0.3) is 0 Å². The van der Waals surface area contributed by atoms with Gasteiger partial charge in [0.15, 0.2) is 0 Å². The molecule has 1 saturated carbocycles. The Bertz CT molecular complexity index is 465. The smallest absolute Gasteiger partial charge is 0.244 e. The molecule has 18 heavy (non-hydrogen) atoms. The first-order valence-corrected chi connectivity index (χ1v) is 6.20. The van der Waals surface area contributed by atoms with E-state index in [4.69, 9.17) is 10.5 Å². The number of hydrogen-bond donors (Lipinski definition) is 2. The second-order valence-corrected chi connectivity index (χ2v) is 5.21. The maximum absolute atomic E-state index is 12.2. The van der Waals surface area contributed by atoms with Crippen LogP contribution in [0.3, 0.4) is 0 Å². The summed E-state index contributed by atoms with van der Waals surface area (Å²) in [4.78, 5) is 12.2. The number of carbonyl (C=O) groups is 1. The topological polar surface area (TPSA) is 64.3 Å². The van der Waals surface area contributed by atoms with Gasteiger partial charge in [-0.05, 0) is 50.3 Å². The number of benzene rings is 1. The number of carbonyl (C=O) groups excluding carboxylic acids is 1. The molecule has 1 aromatic carbocycles. The summed E-state index contributed by atoms with van der Waals surface area (Å²) in [5.41, 5.74) is 7.04. The summed E-state index contributed by atoms with van der Waals surface area (Å²) < 4.78 is 5.23. The molecule has 2 rings (SSSR count). The standard InChI is InChI=1S/C14H20N2O2/c1-9-4-7-12(18-3)11(8-9)16-13(17)14(2,15)10-5-6-10/h4,7-8,10H,5-6,15H2,1-3H3,(H,16,17). The summed E-state index contributed by atoms with van der Waals surface area (Å²) in [6, 6.07) is 5.67. The lowest BCUT2D eigenvalue weighted by atomic mass is 9.96. The van der Waals surface area contributed by atoms with Crippen molar-refractivity contribution >= 4 is 11.6 Å². The molecule has 0 aliphatic heterocycles. The lowest BCUT2D eigenvalue weighted by Gasteiger charge is -2.23. The van der Waals surface area contributed by atoms with Gasteiger partial charge in [-0.15, -0.1) is 0 Å². The molecule has 3 N–H and O–H groups in total. The van der Waals surface area contributed by atoms with E-state index >= 15 is 0 Å². The van der Waals surface area contributed by atoms with E-state index in [1.54, 1.807) is 14.0 Å². The van der Waals surface area contributed by atoms with Crippen molar-refractivity contribution in [1.29, 1.82) is 0 Å². The molecule has 1 aliphatic rings. The molecule has 0 saturated heterocycles. The lowest BCUT2D eigenvalue weighted by molar-refractivity contribution is -0.121. The maximum atomic E-state index is 12.2. The molecule has 0 radical (unpaired) electrons. The largest absolute Gasteiger partial charge is 0.495 e. The van der Waals surface area contributed by atoms with Crippen LogP contribution in [-0.4, -0.2) is 18.6 Å². The lowest BCUT2D eigenvalue weighted by Crippen LogP contribution is -2.50. The fraction of sp³-hybridized carbons (Fsp3) is 0.500. The number of anilines is 1. The average molecular weight is 248 g/mol. The quantitative estimate of drug-likeness (QED) is 0.857. The van der Waals surface area contributed by atoms with Gasteiger partial charge in [0.1, 0.15) is 5.75 Å². The van der Waals surface area contributed by atoms with Crippen LogP contribution in [0.15, 0.2) is 18.2 Å². The minimum absolute atomic E-state index is 0.145. The molecular formula is C14H20N2O2. The Morgan fingerprint density at radius 1 is 1.50 bits per heavy atom. The van der Waals surface area contributed by atoms with Crippen molar-refractivity contribution in [3.63, 3.8) is 0 Å². The van der Waals surface area contributed by atoms with Crippen molar-refractivity contribution in [1.82, 2.24) is 0 Å². The third kappa shape index (κ3) is 2.48. The summed E-state index contributed by atoms with van der Waals surface area (Å²) in [6.45, 7) is 3.76. The van der Waals surface area contributed by atoms with E-state index in [2.05, 4.69) is 5.32 Å². The van der Waals surface area contributed by atoms with Gasteiger partial charge in [-0.2, -0.15) is 0 Å². The molecule has 4 nitrogen and oxygen atoms in total. The zero-order chi connectivity index (χ0) is 13.3. The first-order chi connectivity index (χ1) is 8.45. The Balaban J connectivity index is 2.18. The number of ether oxygens (including phenoxy) is 1. The molecule has 0 aromatic heterocycles. The van der Waals surface area contributed by atoms with Gasteiger partial charge in [0, 0.05) is 0 Å². The number of methoxy groups -OCH3 is 1. The van der Waals surface area contributed by atoms with Crippen LogP contribution < -0.4 is 15.8 Å². The molecule has 1 atom stereocenters. The molecular weight excluding hydrogens is 228 g/mol. The normalized spacial score (nSPS) is 18.0. The highest BCUT2D eigenvalue weighted by Crippen LogP contribution is 2.39. The minimum atomic E-state index is -0.797. The Hall–Kier alpha value is -1.55. The Morgan fingerprint density at radius 3 is 2.72 bits per heavy atom. The zero-order valence-electron chi connectivity index (χ0n) is 11.1. The molecule has 0 heterocycles. The molecule has 1 amide bonds. The van der Waals surface area contributed by atoms with E-state index in [1.165, 1.54) is 0 Å². The highest BCUT2D eigenvalue weighted by Gasteiger charge is 2.44. The van der Waals surface area contributed by atoms with Gasteiger partial charge in [0.2, 0.25) is 5.91 Å². The molecule has 0 spiro atoms. The highest BCUT2D eigenvalue weighted by molar-refractivity contribution is 5.99. The number of amides is 1. The molecule has 1 fully saturated rings. The third-order valence-corrected chi connectivity index (χ3v) is 3.52. The SMILES string of the molecule is COc1ccc(C)cc1NC(=O)C(C)(N)C1CC1. The van der Waals surface area contributed by atoms with Crippen molar-refractivity contribution in [3.8, 4) is 5.75 Å².